The van der Waals surface area contributed by atoms with Crippen molar-refractivity contribution in [2.24, 2.45) is 4.99 Å². The summed E-state index contributed by atoms with van der Waals surface area (Å²) in [6.45, 7) is 0. The first kappa shape index (κ1) is 6.21. The molecule has 0 unspecified atom stereocenters. The predicted octanol–water partition coefficient (Wildman–Crippen LogP) is 0.847. The molecule has 0 radical (unpaired) electrons. The Bertz CT molecular complexity index is 76.1. The first-order valence-electron chi connectivity index (χ1n) is 2.02. The number of nitrogens with zero attached hydrogens (tertiary/aromatic N) is 1. The highest BCUT2D eigenvalue weighted by atomic mass is 16.5. The van der Waals surface area contributed by atoms with Gasteiger partial charge < -0.3 is 4.74 Å². The van der Waals surface area contributed by atoms with Crippen LogP contribution < -0.4 is 0 Å². The molecule has 0 saturated heterocycles. The Hall–Kier alpha value is -0.790. The van der Waals surface area contributed by atoms with E-state index in [0.717, 1.165) is 0 Å². The third-order valence-corrected chi connectivity index (χ3v) is 0.450. The number of methoxy groups -OCH3 is 1. The lowest BCUT2D eigenvalue weighted by Crippen LogP contribution is -1.65. The van der Waals surface area contributed by atoms with Gasteiger partial charge in [-0.15, -0.1) is 0 Å². The van der Waals surface area contributed by atoms with Crippen molar-refractivity contribution < 1.29 is 4.74 Å². The molecular weight excluding hydrogens is 90.1 g/mol. The molecule has 0 aliphatic heterocycles. The fourth-order valence-electron chi connectivity index (χ4n) is 0.200. The molecular formula is C5H9NO. The van der Waals surface area contributed by atoms with Crippen LogP contribution in [-0.2, 0) is 4.74 Å². The topological polar surface area (TPSA) is 21.6 Å². The minimum absolute atomic E-state index is 1.56. The molecule has 0 fully saturated rings. The molecule has 2 heteroatoms. The summed E-state index contributed by atoms with van der Waals surface area (Å²) in [5.41, 5.74) is 0. The fourth-order valence-corrected chi connectivity index (χ4v) is 0.200. The van der Waals surface area contributed by atoms with E-state index in [9.17, 15) is 0 Å². The maximum Gasteiger partial charge on any atom is 0.0839 e. The van der Waals surface area contributed by atoms with Crippen LogP contribution in [0, 0.1) is 0 Å². The maximum atomic E-state index is 4.57. The van der Waals surface area contributed by atoms with Gasteiger partial charge in [-0.2, -0.15) is 0 Å². The highest BCUT2D eigenvalue weighted by Gasteiger charge is 1.56. The monoisotopic (exact) mass is 99.1 g/mol. The lowest BCUT2D eigenvalue weighted by atomic mass is 10.7. The predicted molar refractivity (Wildman–Crippen MR) is 30.6 cm³/mol. The van der Waals surface area contributed by atoms with E-state index in [1.165, 1.54) is 0 Å². The zero-order chi connectivity index (χ0) is 5.54. The van der Waals surface area contributed by atoms with Crippen molar-refractivity contribution in [1.82, 2.24) is 0 Å². The summed E-state index contributed by atoms with van der Waals surface area (Å²) < 4.78 is 4.57. The molecule has 0 aromatic rings. The van der Waals surface area contributed by atoms with Crippen LogP contribution in [0.5, 0.6) is 0 Å². The molecule has 0 N–H and O–H groups in total. The first-order valence-corrected chi connectivity index (χ1v) is 2.02. The second kappa shape index (κ2) is 5.21. The van der Waals surface area contributed by atoms with Crippen LogP contribution in [-0.4, -0.2) is 20.4 Å². The molecule has 0 aliphatic rings. The molecule has 0 rings (SSSR count). The van der Waals surface area contributed by atoms with E-state index in [0.29, 0.717) is 0 Å². The second-order valence-electron chi connectivity index (χ2n) is 0.972. The van der Waals surface area contributed by atoms with E-state index in [1.54, 1.807) is 32.7 Å². The number of ether oxygens (including phenoxy) is 1. The molecule has 0 aromatic carbocycles. The smallest absolute Gasteiger partial charge is 0.0839 e. The third-order valence-electron chi connectivity index (χ3n) is 0.450. The van der Waals surface area contributed by atoms with Gasteiger partial charge in [-0.3, -0.25) is 4.99 Å². The minimum atomic E-state index is 1.56. The van der Waals surface area contributed by atoms with Crippen LogP contribution in [0.3, 0.4) is 0 Å². The van der Waals surface area contributed by atoms with Gasteiger partial charge in [0.1, 0.15) is 0 Å². The summed E-state index contributed by atoms with van der Waals surface area (Å²) in [5, 5.41) is 0. The second-order valence-corrected chi connectivity index (χ2v) is 0.972. The van der Waals surface area contributed by atoms with Gasteiger partial charge in [-0.1, -0.05) is 0 Å². The van der Waals surface area contributed by atoms with E-state index >= 15 is 0 Å². The van der Waals surface area contributed by atoms with Crippen molar-refractivity contribution in [3.8, 4) is 0 Å². The average Bonchev–Trinajstić information content (AvgIpc) is 1.69. The lowest BCUT2D eigenvalue weighted by Gasteiger charge is -1.78. The Morgan fingerprint density at radius 2 is 2.29 bits per heavy atom. The van der Waals surface area contributed by atoms with Crippen molar-refractivity contribution in [3.05, 3.63) is 12.3 Å². The molecule has 7 heavy (non-hydrogen) atoms. The lowest BCUT2D eigenvalue weighted by molar-refractivity contribution is 0.338. The maximum absolute atomic E-state index is 4.57. The summed E-state index contributed by atoms with van der Waals surface area (Å²) in [7, 11) is 3.31. The van der Waals surface area contributed by atoms with E-state index in [2.05, 4.69) is 9.73 Å². The van der Waals surface area contributed by atoms with Crippen LogP contribution in [0.2, 0.25) is 0 Å². The summed E-state index contributed by atoms with van der Waals surface area (Å²) in [6, 6.07) is 0. The Labute approximate surface area is 43.5 Å². The normalized spacial score (nSPS) is 11.1. The summed E-state index contributed by atoms with van der Waals surface area (Å²) in [6.07, 6.45) is 4.94. The fraction of sp³-hybridized carbons (Fsp3) is 0.400. The molecule has 0 amide bonds. The van der Waals surface area contributed by atoms with Crippen molar-refractivity contribution in [3.63, 3.8) is 0 Å². The molecule has 40 valence electrons. The molecule has 0 atom stereocenters. The van der Waals surface area contributed by atoms with Crippen molar-refractivity contribution in [2.75, 3.05) is 14.2 Å². The zero-order valence-corrected chi connectivity index (χ0v) is 4.59. The van der Waals surface area contributed by atoms with Gasteiger partial charge in [-0.05, 0) is 6.08 Å². The summed E-state index contributed by atoms with van der Waals surface area (Å²) >= 11 is 0. The molecule has 2 nitrogen and oxygen atoms in total. The van der Waals surface area contributed by atoms with Gasteiger partial charge in [0, 0.05) is 13.3 Å². The Kier molecular flexibility index (Phi) is 4.62. The van der Waals surface area contributed by atoms with E-state index in [-0.39, 0.29) is 0 Å². The number of rotatable bonds is 2. The first-order chi connectivity index (χ1) is 3.41. The summed E-state index contributed by atoms with van der Waals surface area (Å²) in [4.78, 5) is 3.68. The van der Waals surface area contributed by atoms with E-state index in [1.807, 2.05) is 0 Å². The molecule has 0 spiro atoms. The number of hydrogen-bond donors (Lipinski definition) is 0. The van der Waals surface area contributed by atoms with Crippen LogP contribution in [0.15, 0.2) is 17.3 Å². The van der Waals surface area contributed by atoms with Crippen LogP contribution in [0.4, 0.5) is 0 Å². The molecule has 0 bridgehead atoms. The van der Waals surface area contributed by atoms with Crippen molar-refractivity contribution in [2.45, 2.75) is 0 Å². The quantitative estimate of drug-likeness (QED) is 0.371. The summed E-state index contributed by atoms with van der Waals surface area (Å²) in [5.74, 6) is 0. The zero-order valence-electron chi connectivity index (χ0n) is 4.59. The number of aliphatic imine (C=N–C) groups is 1. The van der Waals surface area contributed by atoms with E-state index in [4.69, 9.17) is 0 Å². The third kappa shape index (κ3) is 5.21. The van der Waals surface area contributed by atoms with Crippen LogP contribution in [0.25, 0.3) is 0 Å². The molecule has 0 aromatic heterocycles. The minimum Gasteiger partial charge on any atom is -0.504 e. The number of allylic oxidation sites excluding steroid dienone is 1. The van der Waals surface area contributed by atoms with Gasteiger partial charge >= 0.3 is 0 Å². The number of hydrogen-bond acceptors (Lipinski definition) is 2. The SMILES string of the molecule is C/N=C/C=C\OC. The Morgan fingerprint density at radius 1 is 1.57 bits per heavy atom. The van der Waals surface area contributed by atoms with Gasteiger partial charge in [0.15, 0.2) is 0 Å². The largest absolute Gasteiger partial charge is 0.504 e. The Morgan fingerprint density at radius 3 is 2.71 bits per heavy atom. The average molecular weight is 99.1 g/mol. The van der Waals surface area contributed by atoms with Crippen LogP contribution in [0.1, 0.15) is 0 Å². The molecule has 0 heterocycles. The highest BCUT2D eigenvalue weighted by Crippen LogP contribution is 1.65. The van der Waals surface area contributed by atoms with Gasteiger partial charge in [0.05, 0.1) is 13.4 Å². The standard InChI is InChI=1S/C5H9NO/c1-6-4-3-5-7-2/h3-5H,1-2H3/b5-3-,6-4+. The van der Waals surface area contributed by atoms with Gasteiger partial charge in [0.25, 0.3) is 0 Å². The van der Waals surface area contributed by atoms with Crippen molar-refractivity contribution >= 4 is 6.21 Å². The van der Waals surface area contributed by atoms with E-state index < -0.39 is 0 Å². The molecule has 0 saturated carbocycles. The van der Waals surface area contributed by atoms with Gasteiger partial charge in [0.2, 0.25) is 0 Å². The van der Waals surface area contributed by atoms with Crippen molar-refractivity contribution in [1.29, 1.82) is 0 Å². The van der Waals surface area contributed by atoms with Crippen LogP contribution >= 0.6 is 0 Å². The molecule has 0 aliphatic carbocycles. The Balaban J connectivity index is 3.09. The highest BCUT2D eigenvalue weighted by molar-refractivity contribution is 5.70. The van der Waals surface area contributed by atoms with Gasteiger partial charge in [-0.25, -0.2) is 0 Å².